The monoisotopic (exact) mass is 524 g/mol. The van der Waals surface area contributed by atoms with Gasteiger partial charge in [0, 0.05) is 39.0 Å². The lowest BCUT2D eigenvalue weighted by molar-refractivity contribution is -0.190. The summed E-state index contributed by atoms with van der Waals surface area (Å²) in [7, 11) is 0. The van der Waals surface area contributed by atoms with E-state index in [-0.39, 0.29) is 42.0 Å². The Labute approximate surface area is 191 Å². The zero-order valence-corrected chi connectivity index (χ0v) is 20.5. The second kappa shape index (κ2) is 10.00. The third-order valence-corrected chi connectivity index (χ3v) is 5.66. The van der Waals surface area contributed by atoms with Gasteiger partial charge in [0.1, 0.15) is 11.7 Å². The number of hydrogen-bond acceptors (Lipinski definition) is 5. The Morgan fingerprint density at radius 3 is 2.34 bits per heavy atom. The summed E-state index contributed by atoms with van der Waals surface area (Å²) in [6.45, 7) is 11.5. The molecule has 3 fully saturated rings. The molecule has 29 heavy (non-hydrogen) atoms. The second-order valence-corrected chi connectivity index (χ2v) is 9.30. The van der Waals surface area contributed by atoms with Crippen LogP contribution in [0.4, 0.5) is 4.79 Å². The van der Waals surface area contributed by atoms with Gasteiger partial charge < -0.3 is 29.7 Å². The number of amides is 1. The van der Waals surface area contributed by atoms with Gasteiger partial charge in [-0.05, 0) is 39.5 Å². The minimum atomic E-state index is -0.480. The van der Waals surface area contributed by atoms with Crippen molar-refractivity contribution in [3.8, 4) is 0 Å². The Kier molecular flexibility index (Phi) is 8.43. The van der Waals surface area contributed by atoms with E-state index in [1.54, 1.807) is 4.90 Å². The highest BCUT2D eigenvalue weighted by molar-refractivity contribution is 14.0. The summed E-state index contributed by atoms with van der Waals surface area (Å²) in [5.74, 6) is 0.871. The maximum Gasteiger partial charge on any atom is 0.410 e. The summed E-state index contributed by atoms with van der Waals surface area (Å²) in [5.41, 5.74) is 5.70. The molecular weight excluding hydrogens is 487 g/mol. The van der Waals surface area contributed by atoms with Gasteiger partial charge in [-0.25, -0.2) is 4.79 Å². The van der Waals surface area contributed by atoms with Crippen molar-refractivity contribution in [1.29, 1.82) is 0 Å². The molecule has 1 atom stereocenters. The number of halogens is 1. The number of guanidine groups is 1. The molecule has 2 heterocycles. The molecule has 2 aliphatic heterocycles. The standard InChI is InChI=1S/C20H36N4O4.HI/c1-15-5-7-20(8-6-15)26-14-16(27-20)13-22-17(21)23-9-11-24(12-10-23)18(25)28-19(2,3)4;/h15-16H,5-14H2,1-4H3,(H2,21,22);1H. The lowest BCUT2D eigenvalue weighted by atomic mass is 9.86. The molecule has 1 saturated carbocycles. The van der Waals surface area contributed by atoms with Crippen molar-refractivity contribution in [2.24, 2.45) is 16.6 Å². The second-order valence-electron chi connectivity index (χ2n) is 9.30. The van der Waals surface area contributed by atoms with Crippen LogP contribution in [-0.2, 0) is 14.2 Å². The predicted molar refractivity (Wildman–Crippen MR) is 122 cm³/mol. The fraction of sp³-hybridized carbons (Fsp3) is 0.900. The van der Waals surface area contributed by atoms with Crippen LogP contribution in [0.25, 0.3) is 0 Å². The quantitative estimate of drug-likeness (QED) is 0.340. The van der Waals surface area contributed by atoms with Gasteiger partial charge in [0.25, 0.3) is 0 Å². The Balaban J connectivity index is 0.00000300. The predicted octanol–water partition coefficient (Wildman–Crippen LogP) is 2.79. The van der Waals surface area contributed by atoms with Gasteiger partial charge in [-0.15, -0.1) is 24.0 Å². The fourth-order valence-corrected chi connectivity index (χ4v) is 3.91. The highest BCUT2D eigenvalue weighted by atomic mass is 127. The Morgan fingerprint density at radius 1 is 1.17 bits per heavy atom. The average Bonchev–Trinajstić information content (AvgIpc) is 3.04. The Bertz CT molecular complexity index is 580. The van der Waals surface area contributed by atoms with Gasteiger partial charge in [0.15, 0.2) is 11.7 Å². The first kappa shape index (κ1) is 24.5. The SMILES string of the molecule is CC1CCC2(CC1)OCC(CN=C(N)N1CCN(C(=O)OC(C)(C)C)CC1)O2.I. The maximum absolute atomic E-state index is 12.2. The van der Waals surface area contributed by atoms with E-state index in [0.717, 1.165) is 31.6 Å². The number of rotatable bonds is 2. The number of carbonyl (C=O) groups is 1. The lowest BCUT2D eigenvalue weighted by Gasteiger charge is -2.36. The third kappa shape index (κ3) is 6.85. The molecular formula is C20H37IN4O4. The van der Waals surface area contributed by atoms with Gasteiger partial charge >= 0.3 is 6.09 Å². The molecule has 168 valence electrons. The van der Waals surface area contributed by atoms with E-state index >= 15 is 0 Å². The van der Waals surface area contributed by atoms with E-state index < -0.39 is 5.60 Å². The van der Waals surface area contributed by atoms with Crippen molar-refractivity contribution in [1.82, 2.24) is 9.80 Å². The third-order valence-electron chi connectivity index (χ3n) is 5.66. The molecule has 2 saturated heterocycles. The lowest BCUT2D eigenvalue weighted by Crippen LogP contribution is -2.53. The van der Waals surface area contributed by atoms with Crippen molar-refractivity contribution < 1.29 is 19.0 Å². The van der Waals surface area contributed by atoms with E-state index in [0.29, 0.717) is 45.3 Å². The number of nitrogens with two attached hydrogens (primary N) is 1. The van der Waals surface area contributed by atoms with Crippen molar-refractivity contribution in [2.75, 3.05) is 39.3 Å². The highest BCUT2D eigenvalue weighted by Crippen LogP contribution is 2.39. The molecule has 3 rings (SSSR count). The Morgan fingerprint density at radius 2 is 1.76 bits per heavy atom. The molecule has 1 amide bonds. The smallest absolute Gasteiger partial charge is 0.410 e. The van der Waals surface area contributed by atoms with Gasteiger partial charge in [0.2, 0.25) is 0 Å². The summed E-state index contributed by atoms with van der Waals surface area (Å²) in [4.78, 5) is 20.4. The van der Waals surface area contributed by atoms with Crippen molar-refractivity contribution >= 4 is 36.0 Å². The van der Waals surface area contributed by atoms with Crippen LogP contribution in [0, 0.1) is 5.92 Å². The van der Waals surface area contributed by atoms with Crippen molar-refractivity contribution in [3.63, 3.8) is 0 Å². The van der Waals surface area contributed by atoms with Crippen LogP contribution in [0.3, 0.4) is 0 Å². The fourth-order valence-electron chi connectivity index (χ4n) is 3.91. The molecule has 0 aromatic carbocycles. The number of ether oxygens (including phenoxy) is 3. The van der Waals surface area contributed by atoms with Gasteiger partial charge in [-0.1, -0.05) is 6.92 Å². The molecule has 1 unspecified atom stereocenters. The molecule has 1 aliphatic carbocycles. The molecule has 1 spiro atoms. The van der Waals surface area contributed by atoms with Gasteiger partial charge in [0.05, 0.1) is 13.2 Å². The molecule has 2 N–H and O–H groups in total. The summed E-state index contributed by atoms with van der Waals surface area (Å²) in [6.07, 6.45) is 3.94. The van der Waals surface area contributed by atoms with E-state index in [4.69, 9.17) is 19.9 Å². The minimum absolute atomic E-state index is 0. The van der Waals surface area contributed by atoms with Crippen LogP contribution < -0.4 is 5.73 Å². The van der Waals surface area contributed by atoms with E-state index in [9.17, 15) is 4.79 Å². The molecule has 3 aliphatic rings. The number of piperazine rings is 1. The highest BCUT2D eigenvalue weighted by Gasteiger charge is 2.43. The number of nitrogens with zero attached hydrogens (tertiary/aromatic N) is 3. The molecule has 0 bridgehead atoms. The number of hydrogen-bond donors (Lipinski definition) is 1. The summed E-state index contributed by atoms with van der Waals surface area (Å²) >= 11 is 0. The van der Waals surface area contributed by atoms with E-state index in [1.165, 1.54) is 0 Å². The Hall–Kier alpha value is -0.810. The first-order valence-electron chi connectivity index (χ1n) is 10.5. The first-order valence-corrected chi connectivity index (χ1v) is 10.5. The topological polar surface area (TPSA) is 89.6 Å². The molecule has 0 aromatic rings. The average molecular weight is 524 g/mol. The molecule has 8 nitrogen and oxygen atoms in total. The first-order chi connectivity index (χ1) is 13.2. The largest absolute Gasteiger partial charge is 0.444 e. The van der Waals surface area contributed by atoms with Crippen molar-refractivity contribution in [2.45, 2.75) is 70.9 Å². The van der Waals surface area contributed by atoms with Crippen LogP contribution in [-0.4, -0.2) is 78.7 Å². The van der Waals surface area contributed by atoms with E-state index in [1.807, 2.05) is 25.7 Å². The zero-order chi connectivity index (χ0) is 20.4. The van der Waals surface area contributed by atoms with Crippen molar-refractivity contribution in [3.05, 3.63) is 0 Å². The molecule has 0 radical (unpaired) electrons. The van der Waals surface area contributed by atoms with Crippen LogP contribution in [0.5, 0.6) is 0 Å². The minimum Gasteiger partial charge on any atom is -0.444 e. The summed E-state index contributed by atoms with van der Waals surface area (Å²) in [5, 5.41) is 0. The molecule has 0 aromatic heterocycles. The van der Waals surface area contributed by atoms with E-state index in [2.05, 4.69) is 11.9 Å². The van der Waals surface area contributed by atoms with Crippen LogP contribution >= 0.6 is 24.0 Å². The van der Waals surface area contributed by atoms with Crippen LogP contribution in [0.15, 0.2) is 4.99 Å². The van der Waals surface area contributed by atoms with Crippen LogP contribution in [0.1, 0.15) is 53.4 Å². The summed E-state index contributed by atoms with van der Waals surface area (Å²) in [6, 6.07) is 0. The normalized spacial score (nSPS) is 31.0. The van der Waals surface area contributed by atoms with Gasteiger partial charge in [-0.2, -0.15) is 0 Å². The molecule has 9 heteroatoms. The van der Waals surface area contributed by atoms with Gasteiger partial charge in [-0.3, -0.25) is 4.99 Å². The van der Waals surface area contributed by atoms with Crippen LogP contribution in [0.2, 0.25) is 0 Å². The number of aliphatic imine (C=N–C) groups is 1. The summed E-state index contributed by atoms with van der Waals surface area (Å²) < 4.78 is 17.6. The maximum atomic E-state index is 12.2. The zero-order valence-electron chi connectivity index (χ0n) is 18.2. The number of carbonyl (C=O) groups excluding carboxylic acids is 1.